The first-order chi connectivity index (χ1) is 8.66. The number of nitrogens with one attached hydrogen (secondary N) is 1. The third-order valence-corrected chi connectivity index (χ3v) is 4.34. The van der Waals surface area contributed by atoms with E-state index in [0.29, 0.717) is 12.2 Å². The minimum absolute atomic E-state index is 0.174. The smallest absolute Gasteiger partial charge is 0.146 e. The first-order valence-electron chi connectivity index (χ1n) is 6.51. The number of carbonyl (C=O) groups is 1. The number of aromatic nitrogens is 1. The van der Waals surface area contributed by atoms with Crippen molar-refractivity contribution in [2.45, 2.75) is 32.6 Å². The van der Waals surface area contributed by atoms with E-state index in [2.05, 4.69) is 33.2 Å². The number of piperidine rings is 1. The summed E-state index contributed by atoms with van der Waals surface area (Å²) in [6.07, 6.45) is 5.21. The van der Waals surface area contributed by atoms with Crippen LogP contribution in [-0.4, -0.2) is 23.9 Å². The molecule has 0 radical (unpaired) electrons. The Morgan fingerprint density at radius 2 is 2.39 bits per heavy atom. The molecule has 98 valence electrons. The van der Waals surface area contributed by atoms with Crippen LogP contribution in [-0.2, 0) is 11.2 Å². The molecule has 4 heteroatoms. The Balaban J connectivity index is 2.07. The quantitative estimate of drug-likeness (QED) is 0.930. The van der Waals surface area contributed by atoms with Gasteiger partial charge < -0.3 is 5.32 Å². The van der Waals surface area contributed by atoms with E-state index in [-0.39, 0.29) is 5.41 Å². The highest BCUT2D eigenvalue weighted by atomic mass is 79.9. The normalized spacial score (nSPS) is 23.9. The minimum atomic E-state index is -0.174. The fourth-order valence-corrected chi connectivity index (χ4v) is 2.80. The van der Waals surface area contributed by atoms with E-state index in [1.807, 2.05) is 12.1 Å². The van der Waals surface area contributed by atoms with Gasteiger partial charge in [-0.05, 0) is 53.9 Å². The summed E-state index contributed by atoms with van der Waals surface area (Å²) in [5, 5.41) is 3.35. The number of Topliss-reactive ketones (excluding diaryl/α,β-unsaturated/α-hetero) is 1. The average molecular weight is 311 g/mol. The SMILES string of the molecule is CCC1(C(=O)Cc2ccc(Br)cn2)CCCNC1. The molecule has 1 fully saturated rings. The van der Waals surface area contributed by atoms with E-state index in [1.165, 1.54) is 0 Å². The maximum absolute atomic E-state index is 12.5. The number of hydrogen-bond acceptors (Lipinski definition) is 3. The van der Waals surface area contributed by atoms with Crippen LogP contribution in [0.5, 0.6) is 0 Å². The Hall–Kier alpha value is -0.740. The standard InChI is InChI=1S/C14H19BrN2O/c1-2-14(6-3-7-16-10-14)13(18)8-12-5-4-11(15)9-17-12/h4-5,9,16H,2-3,6-8,10H2,1H3. The van der Waals surface area contributed by atoms with E-state index >= 15 is 0 Å². The van der Waals surface area contributed by atoms with Gasteiger partial charge in [-0.15, -0.1) is 0 Å². The van der Waals surface area contributed by atoms with E-state index in [9.17, 15) is 4.79 Å². The summed E-state index contributed by atoms with van der Waals surface area (Å²) in [6, 6.07) is 3.86. The van der Waals surface area contributed by atoms with Crippen LogP contribution in [0.3, 0.4) is 0 Å². The van der Waals surface area contributed by atoms with Gasteiger partial charge in [0.1, 0.15) is 5.78 Å². The van der Waals surface area contributed by atoms with Crippen molar-refractivity contribution in [1.82, 2.24) is 10.3 Å². The second-order valence-corrected chi connectivity index (χ2v) is 5.90. The lowest BCUT2D eigenvalue weighted by atomic mass is 9.73. The van der Waals surface area contributed by atoms with Gasteiger partial charge in [0.05, 0.1) is 0 Å². The molecule has 3 nitrogen and oxygen atoms in total. The molecule has 0 amide bonds. The van der Waals surface area contributed by atoms with E-state index in [1.54, 1.807) is 6.20 Å². The molecule has 18 heavy (non-hydrogen) atoms. The summed E-state index contributed by atoms with van der Waals surface area (Å²) >= 11 is 3.36. The maximum atomic E-state index is 12.5. The molecule has 0 saturated carbocycles. The summed E-state index contributed by atoms with van der Waals surface area (Å²) in [7, 11) is 0. The molecule has 0 spiro atoms. The zero-order valence-corrected chi connectivity index (χ0v) is 12.3. The monoisotopic (exact) mass is 310 g/mol. The second kappa shape index (κ2) is 5.93. The number of hydrogen-bond donors (Lipinski definition) is 1. The largest absolute Gasteiger partial charge is 0.316 e. The minimum Gasteiger partial charge on any atom is -0.316 e. The molecule has 1 aromatic heterocycles. The lowest BCUT2D eigenvalue weighted by Gasteiger charge is -2.35. The van der Waals surface area contributed by atoms with Gasteiger partial charge in [0, 0.05) is 34.7 Å². The summed E-state index contributed by atoms with van der Waals surface area (Å²) in [4.78, 5) is 16.8. The van der Waals surface area contributed by atoms with Gasteiger partial charge in [-0.2, -0.15) is 0 Å². The van der Waals surface area contributed by atoms with Crippen molar-refractivity contribution in [3.8, 4) is 0 Å². The zero-order chi connectivity index (χ0) is 13.0. The molecule has 0 aliphatic carbocycles. The summed E-state index contributed by atoms with van der Waals surface area (Å²) < 4.78 is 0.947. The van der Waals surface area contributed by atoms with Gasteiger partial charge in [-0.1, -0.05) is 6.92 Å². The molecule has 1 aliphatic rings. The molecule has 1 saturated heterocycles. The molecule has 1 unspecified atom stereocenters. The Bertz CT molecular complexity index is 410. The summed E-state index contributed by atoms with van der Waals surface area (Å²) in [5.74, 6) is 0.326. The Morgan fingerprint density at radius 1 is 1.56 bits per heavy atom. The molecule has 1 N–H and O–H groups in total. The predicted octanol–water partition coefficient (Wildman–Crippen LogP) is 2.74. The van der Waals surface area contributed by atoms with Crippen LogP contribution < -0.4 is 5.32 Å². The molecule has 0 bridgehead atoms. The third-order valence-electron chi connectivity index (χ3n) is 3.87. The maximum Gasteiger partial charge on any atom is 0.146 e. The lowest BCUT2D eigenvalue weighted by Crippen LogP contribution is -2.45. The van der Waals surface area contributed by atoms with Gasteiger partial charge in [0.25, 0.3) is 0 Å². The molecule has 2 heterocycles. The van der Waals surface area contributed by atoms with Crippen molar-refractivity contribution in [3.63, 3.8) is 0 Å². The van der Waals surface area contributed by atoms with Crippen LogP contribution in [0.15, 0.2) is 22.8 Å². The molecule has 1 aliphatic heterocycles. The third kappa shape index (κ3) is 2.98. The van der Waals surface area contributed by atoms with Crippen molar-refractivity contribution in [1.29, 1.82) is 0 Å². The Labute approximate surface area is 117 Å². The first kappa shape index (κ1) is 13.7. The molecule has 1 atom stereocenters. The van der Waals surface area contributed by atoms with Gasteiger partial charge in [-0.3, -0.25) is 9.78 Å². The van der Waals surface area contributed by atoms with Gasteiger partial charge in [0.15, 0.2) is 0 Å². The van der Waals surface area contributed by atoms with Crippen molar-refractivity contribution in [2.75, 3.05) is 13.1 Å². The second-order valence-electron chi connectivity index (χ2n) is 4.98. The van der Waals surface area contributed by atoms with E-state index in [4.69, 9.17) is 0 Å². The summed E-state index contributed by atoms with van der Waals surface area (Å²) in [5.41, 5.74) is 0.689. The first-order valence-corrected chi connectivity index (χ1v) is 7.30. The fourth-order valence-electron chi connectivity index (χ4n) is 2.57. The van der Waals surface area contributed by atoms with Crippen LogP contribution in [0.25, 0.3) is 0 Å². The van der Waals surface area contributed by atoms with Crippen molar-refractivity contribution >= 4 is 21.7 Å². The fraction of sp³-hybridized carbons (Fsp3) is 0.571. The van der Waals surface area contributed by atoms with E-state index in [0.717, 1.165) is 42.5 Å². The highest BCUT2D eigenvalue weighted by Gasteiger charge is 2.37. The number of carbonyl (C=O) groups excluding carboxylic acids is 1. The zero-order valence-electron chi connectivity index (χ0n) is 10.7. The van der Waals surface area contributed by atoms with Crippen LogP contribution in [0, 0.1) is 5.41 Å². The Kier molecular flexibility index (Phi) is 4.51. The number of halogens is 1. The molecular weight excluding hydrogens is 292 g/mol. The molecule has 1 aromatic rings. The lowest BCUT2D eigenvalue weighted by molar-refractivity contribution is -0.129. The Morgan fingerprint density at radius 3 is 2.94 bits per heavy atom. The van der Waals surface area contributed by atoms with E-state index < -0.39 is 0 Å². The van der Waals surface area contributed by atoms with Crippen LogP contribution >= 0.6 is 15.9 Å². The highest BCUT2D eigenvalue weighted by molar-refractivity contribution is 9.10. The van der Waals surface area contributed by atoms with Crippen LogP contribution in [0.4, 0.5) is 0 Å². The molecule has 2 rings (SSSR count). The summed E-state index contributed by atoms with van der Waals surface area (Å²) in [6.45, 7) is 3.96. The number of ketones is 1. The topological polar surface area (TPSA) is 42.0 Å². The van der Waals surface area contributed by atoms with Crippen molar-refractivity contribution in [2.24, 2.45) is 5.41 Å². The molecular formula is C14H19BrN2O. The predicted molar refractivity (Wildman–Crippen MR) is 75.5 cm³/mol. The average Bonchev–Trinajstić information content (AvgIpc) is 2.42. The number of pyridine rings is 1. The molecule has 0 aromatic carbocycles. The number of rotatable bonds is 4. The number of nitrogens with zero attached hydrogens (tertiary/aromatic N) is 1. The van der Waals surface area contributed by atoms with Gasteiger partial charge >= 0.3 is 0 Å². The van der Waals surface area contributed by atoms with Crippen LogP contribution in [0.1, 0.15) is 31.9 Å². The van der Waals surface area contributed by atoms with Crippen molar-refractivity contribution in [3.05, 3.63) is 28.5 Å². The highest BCUT2D eigenvalue weighted by Crippen LogP contribution is 2.32. The van der Waals surface area contributed by atoms with Crippen LogP contribution in [0.2, 0.25) is 0 Å². The van der Waals surface area contributed by atoms with Gasteiger partial charge in [0.2, 0.25) is 0 Å². The van der Waals surface area contributed by atoms with Gasteiger partial charge in [-0.25, -0.2) is 0 Å². The van der Waals surface area contributed by atoms with Crippen molar-refractivity contribution < 1.29 is 4.79 Å².